The van der Waals surface area contributed by atoms with Gasteiger partial charge < -0.3 is 15.3 Å². The molecule has 9 nitrogen and oxygen atoms in total. The lowest BCUT2D eigenvalue weighted by Crippen LogP contribution is -2.48. The van der Waals surface area contributed by atoms with Crippen LogP contribution in [0.5, 0.6) is 0 Å². The third kappa shape index (κ3) is 11.6. The van der Waals surface area contributed by atoms with Gasteiger partial charge in [-0.15, -0.1) is 26.8 Å². The third-order valence-electron chi connectivity index (χ3n) is 10.3. The predicted molar refractivity (Wildman–Crippen MR) is 236 cm³/mol. The van der Waals surface area contributed by atoms with E-state index in [1.807, 2.05) is 104 Å². The Kier molecular flexibility index (Phi) is 17.5. The van der Waals surface area contributed by atoms with Crippen LogP contribution in [0.2, 0.25) is 0 Å². The van der Waals surface area contributed by atoms with Gasteiger partial charge in [0, 0.05) is 24.8 Å². The summed E-state index contributed by atoms with van der Waals surface area (Å²) in [6.07, 6.45) is 17.4. The molecule has 0 saturated carbocycles. The average molecular weight is 799 g/mol. The number of rotatable bonds is 24. The topological polar surface area (TPSA) is 113 Å². The summed E-state index contributed by atoms with van der Waals surface area (Å²) in [4.78, 5) is 27.2. The van der Waals surface area contributed by atoms with Gasteiger partial charge in [0.25, 0.3) is 0 Å². The number of nitrogens with zero attached hydrogens (tertiary/aromatic N) is 5. The van der Waals surface area contributed by atoms with Crippen molar-refractivity contribution in [3.8, 4) is 11.4 Å². The summed E-state index contributed by atoms with van der Waals surface area (Å²) in [5.74, 6) is 0.580. The van der Waals surface area contributed by atoms with Crippen molar-refractivity contribution in [2.75, 3.05) is 12.3 Å². The van der Waals surface area contributed by atoms with Gasteiger partial charge in [0.2, 0.25) is 18.1 Å². The van der Waals surface area contributed by atoms with Crippen molar-refractivity contribution < 1.29 is 14.7 Å². The van der Waals surface area contributed by atoms with Gasteiger partial charge in [0.15, 0.2) is 5.54 Å². The highest BCUT2D eigenvalue weighted by Crippen LogP contribution is 2.40. The van der Waals surface area contributed by atoms with Gasteiger partial charge in [-0.2, -0.15) is 0 Å². The van der Waals surface area contributed by atoms with Crippen molar-refractivity contribution in [1.29, 1.82) is 0 Å². The van der Waals surface area contributed by atoms with E-state index in [0.717, 1.165) is 35.9 Å². The van der Waals surface area contributed by atoms with Crippen LogP contribution in [0.3, 0.4) is 0 Å². The number of thioether (sulfide) groups is 1. The molecule has 3 atom stereocenters. The summed E-state index contributed by atoms with van der Waals surface area (Å²) in [7, 11) is 0. The first-order chi connectivity index (χ1) is 28.4. The standard InChI is InChI=1S/C48H58N6O3S/c1-4-6-7-8-9-10-11-12-13-14-24-34-44(58-36-45(49-38(3)56)53(5-2)37-55)46(57)39-26-25-27-40(35-39)47-50-52-54(51-47)48(41-28-18-15-19-29-41,42-30-20-16-21-31-42)43-32-22-17-23-33-43/h13-35,37,44-46,57H,4-12,36H2,1-3H3,(H,49,56)/t44-,45-,46+/m1/s1. The summed E-state index contributed by atoms with van der Waals surface area (Å²) in [5.41, 5.74) is 3.43. The lowest BCUT2D eigenvalue weighted by atomic mass is 9.77. The summed E-state index contributed by atoms with van der Waals surface area (Å²) < 4.78 is 0. The molecule has 0 spiro atoms. The largest absolute Gasteiger partial charge is 0.387 e. The fourth-order valence-corrected chi connectivity index (χ4v) is 8.47. The first kappa shape index (κ1) is 43.8. The first-order valence-electron chi connectivity index (χ1n) is 20.6. The lowest BCUT2D eigenvalue weighted by molar-refractivity contribution is -0.124. The number of carbonyl (C=O) groups is 2. The van der Waals surface area contributed by atoms with Crippen LogP contribution in [0.15, 0.2) is 140 Å². The molecule has 0 fully saturated rings. The normalized spacial score (nSPS) is 13.4. The van der Waals surface area contributed by atoms with E-state index in [2.05, 4.69) is 59.8 Å². The zero-order chi connectivity index (χ0) is 41.0. The molecule has 0 unspecified atom stereocenters. The van der Waals surface area contributed by atoms with Crippen LogP contribution in [0, 0.1) is 0 Å². The van der Waals surface area contributed by atoms with Crippen LogP contribution in [0.4, 0.5) is 0 Å². The maximum Gasteiger partial charge on any atom is 0.218 e. The molecular weight excluding hydrogens is 741 g/mol. The minimum atomic E-state index is -0.922. The maximum absolute atomic E-state index is 12.1. The monoisotopic (exact) mass is 798 g/mol. The van der Waals surface area contributed by atoms with E-state index in [9.17, 15) is 14.7 Å². The quantitative estimate of drug-likeness (QED) is 0.0210. The second-order valence-electron chi connectivity index (χ2n) is 14.5. The first-order valence-corrected chi connectivity index (χ1v) is 21.7. The summed E-state index contributed by atoms with van der Waals surface area (Å²) in [6.45, 7) is 5.99. The minimum Gasteiger partial charge on any atom is -0.387 e. The molecule has 1 heterocycles. The molecule has 0 aliphatic rings. The zero-order valence-corrected chi connectivity index (χ0v) is 34.9. The number of aliphatic hydroxyl groups excluding tert-OH is 1. The van der Waals surface area contributed by atoms with Gasteiger partial charge >= 0.3 is 0 Å². The number of carbonyl (C=O) groups excluding carboxylic acids is 2. The molecule has 10 heteroatoms. The maximum atomic E-state index is 12.1. The molecule has 0 saturated heterocycles. The van der Waals surface area contributed by atoms with Gasteiger partial charge in [-0.1, -0.05) is 179 Å². The highest BCUT2D eigenvalue weighted by Gasteiger charge is 2.41. The fraction of sp³-hybridized carbons (Fsp3) is 0.354. The van der Waals surface area contributed by atoms with Crippen LogP contribution in [-0.4, -0.2) is 66.2 Å². The SMILES string of the molecule is CCCCCCCCCC=CC=C[C@@H](SC[C@H](NC(C)=O)N(C=O)CC)[C@@H](O)c1cccc(-c2nnn(C(c3ccccc3)(c3ccccc3)c3ccccc3)n2)c1. The molecule has 5 aromatic rings. The van der Waals surface area contributed by atoms with Gasteiger partial charge in [0.05, 0.1) is 11.4 Å². The van der Waals surface area contributed by atoms with Crippen LogP contribution < -0.4 is 5.32 Å². The Balaban J connectivity index is 1.43. The van der Waals surface area contributed by atoms with Crippen molar-refractivity contribution in [2.45, 2.75) is 95.2 Å². The Morgan fingerprint density at radius 2 is 1.43 bits per heavy atom. The molecule has 58 heavy (non-hydrogen) atoms. The second-order valence-corrected chi connectivity index (χ2v) is 15.7. The van der Waals surface area contributed by atoms with Crippen molar-refractivity contribution in [1.82, 2.24) is 30.4 Å². The average Bonchev–Trinajstić information content (AvgIpc) is 3.76. The Morgan fingerprint density at radius 1 is 0.828 bits per heavy atom. The number of allylic oxidation sites excluding steroid dienone is 3. The Bertz CT molecular complexity index is 1920. The van der Waals surface area contributed by atoms with E-state index < -0.39 is 23.1 Å². The highest BCUT2D eigenvalue weighted by molar-refractivity contribution is 8.00. The molecule has 2 amide bonds. The summed E-state index contributed by atoms with van der Waals surface area (Å²) in [5, 5.41) is 28.9. The summed E-state index contributed by atoms with van der Waals surface area (Å²) >= 11 is 1.48. The van der Waals surface area contributed by atoms with E-state index in [1.54, 1.807) is 9.70 Å². The molecule has 2 N–H and O–H groups in total. The van der Waals surface area contributed by atoms with Crippen LogP contribution >= 0.6 is 11.8 Å². The third-order valence-corrected chi connectivity index (χ3v) is 11.6. The van der Waals surface area contributed by atoms with Crippen molar-refractivity contribution in [3.05, 3.63) is 162 Å². The number of aliphatic hydroxyl groups is 1. The van der Waals surface area contributed by atoms with Gasteiger partial charge in [0.1, 0.15) is 6.17 Å². The zero-order valence-electron chi connectivity index (χ0n) is 34.1. The van der Waals surface area contributed by atoms with E-state index in [-0.39, 0.29) is 5.91 Å². The second kappa shape index (κ2) is 23.2. The molecule has 0 radical (unpaired) electrons. The molecule has 304 valence electrons. The fourth-order valence-electron chi connectivity index (χ4n) is 7.25. The van der Waals surface area contributed by atoms with E-state index in [1.165, 1.54) is 57.2 Å². The lowest BCUT2D eigenvalue weighted by Gasteiger charge is -2.34. The number of tetrazole rings is 1. The van der Waals surface area contributed by atoms with Crippen molar-refractivity contribution in [2.24, 2.45) is 0 Å². The number of nitrogens with one attached hydrogen (secondary N) is 1. The Hall–Kier alpha value is -5.32. The highest BCUT2D eigenvalue weighted by atomic mass is 32.2. The molecule has 1 aromatic heterocycles. The molecule has 0 aliphatic heterocycles. The molecule has 4 aromatic carbocycles. The number of hydrogen-bond acceptors (Lipinski definition) is 7. The predicted octanol–water partition coefficient (Wildman–Crippen LogP) is 9.51. The number of unbranched alkanes of at least 4 members (excludes halogenated alkanes) is 7. The van der Waals surface area contributed by atoms with E-state index in [0.29, 0.717) is 29.2 Å². The molecular formula is C48H58N6O3S. The number of amides is 2. The smallest absolute Gasteiger partial charge is 0.218 e. The van der Waals surface area contributed by atoms with Gasteiger partial charge in [-0.3, -0.25) is 9.59 Å². The Labute approximate surface area is 348 Å². The molecule has 0 bridgehead atoms. The van der Waals surface area contributed by atoms with E-state index in [4.69, 9.17) is 10.3 Å². The number of benzene rings is 4. The molecule has 5 rings (SSSR count). The number of hydrogen-bond donors (Lipinski definition) is 2. The minimum absolute atomic E-state index is 0.226. The van der Waals surface area contributed by atoms with Gasteiger partial charge in [-0.25, -0.2) is 0 Å². The number of aromatic nitrogens is 4. The van der Waals surface area contributed by atoms with Crippen molar-refractivity contribution in [3.63, 3.8) is 0 Å². The van der Waals surface area contributed by atoms with Crippen LogP contribution in [0.25, 0.3) is 11.4 Å². The van der Waals surface area contributed by atoms with Crippen LogP contribution in [-0.2, 0) is 15.1 Å². The van der Waals surface area contributed by atoms with Crippen LogP contribution in [0.1, 0.15) is 100 Å². The molecule has 0 aliphatic carbocycles. The van der Waals surface area contributed by atoms with E-state index >= 15 is 0 Å². The van der Waals surface area contributed by atoms with Gasteiger partial charge in [-0.05, 0) is 53.3 Å². The van der Waals surface area contributed by atoms with Crippen molar-refractivity contribution >= 4 is 24.1 Å². The summed E-state index contributed by atoms with van der Waals surface area (Å²) in [6, 6.07) is 38.2. The Morgan fingerprint density at radius 3 is 2.00 bits per heavy atom.